The molecule has 190 valence electrons. The number of aromatic hydroxyl groups is 1. The number of nitrogens with one attached hydrogen (secondary N) is 1. The van der Waals surface area contributed by atoms with Crippen LogP contribution >= 0.6 is 11.8 Å². The lowest BCUT2D eigenvalue weighted by atomic mass is 9.87. The lowest BCUT2D eigenvalue weighted by Crippen LogP contribution is -2.20. The lowest BCUT2D eigenvalue weighted by Gasteiger charge is -2.19. The van der Waals surface area contributed by atoms with Crippen LogP contribution in [-0.2, 0) is 10.2 Å². The van der Waals surface area contributed by atoms with E-state index in [0.717, 1.165) is 22.6 Å². The number of methoxy groups -OCH3 is 1. The fourth-order valence-electron chi connectivity index (χ4n) is 3.54. The predicted molar refractivity (Wildman–Crippen MR) is 147 cm³/mol. The van der Waals surface area contributed by atoms with Crippen molar-refractivity contribution in [3.05, 3.63) is 83.9 Å². The second kappa shape index (κ2) is 11.3. The van der Waals surface area contributed by atoms with Gasteiger partial charge in [0.25, 0.3) is 5.91 Å². The van der Waals surface area contributed by atoms with Gasteiger partial charge in [-0.25, -0.2) is 5.43 Å². The first-order valence-electron chi connectivity index (χ1n) is 11.7. The SMILES string of the molecule is COc1ccc(-n2c(SCC(=O)NN=Cc3ccc(O)cc3)nnc2-c2ccc(C(C)(C)C)cc2)cc1. The van der Waals surface area contributed by atoms with E-state index in [9.17, 15) is 9.90 Å². The van der Waals surface area contributed by atoms with E-state index in [-0.39, 0.29) is 22.8 Å². The minimum Gasteiger partial charge on any atom is -0.508 e. The zero-order valence-electron chi connectivity index (χ0n) is 21.2. The van der Waals surface area contributed by atoms with Crippen LogP contribution in [-0.4, -0.2) is 44.9 Å². The Morgan fingerprint density at radius 1 is 1.03 bits per heavy atom. The number of hydrogen-bond acceptors (Lipinski definition) is 7. The summed E-state index contributed by atoms with van der Waals surface area (Å²) in [4.78, 5) is 12.4. The van der Waals surface area contributed by atoms with Gasteiger partial charge in [-0.15, -0.1) is 10.2 Å². The monoisotopic (exact) mass is 515 g/mol. The molecule has 0 aliphatic heterocycles. The molecule has 0 spiro atoms. The zero-order chi connectivity index (χ0) is 26.4. The van der Waals surface area contributed by atoms with Crippen molar-refractivity contribution < 1.29 is 14.6 Å². The maximum atomic E-state index is 12.4. The molecule has 4 rings (SSSR count). The topological polar surface area (TPSA) is 102 Å². The molecule has 0 aliphatic rings. The number of rotatable bonds is 8. The summed E-state index contributed by atoms with van der Waals surface area (Å²) >= 11 is 1.27. The standard InChI is InChI=1S/C28H29N5O3S/c1-28(2,3)21-9-7-20(8-10-21)26-31-32-27(33(26)22-11-15-24(36-4)16-12-22)37-18-25(35)30-29-17-19-5-13-23(34)14-6-19/h5-17,34H,18H2,1-4H3,(H,30,35). The van der Waals surface area contributed by atoms with Gasteiger partial charge in [0, 0.05) is 11.3 Å². The van der Waals surface area contributed by atoms with E-state index in [0.29, 0.717) is 11.0 Å². The lowest BCUT2D eigenvalue weighted by molar-refractivity contribution is -0.118. The van der Waals surface area contributed by atoms with E-state index in [1.165, 1.54) is 23.5 Å². The molecule has 0 unspecified atom stereocenters. The van der Waals surface area contributed by atoms with Crippen LogP contribution in [0.15, 0.2) is 83.1 Å². The third kappa shape index (κ3) is 6.56. The van der Waals surface area contributed by atoms with Gasteiger partial charge >= 0.3 is 0 Å². The van der Waals surface area contributed by atoms with E-state index >= 15 is 0 Å². The number of nitrogens with zero attached hydrogens (tertiary/aromatic N) is 4. The van der Waals surface area contributed by atoms with Crippen molar-refractivity contribution in [3.63, 3.8) is 0 Å². The minimum atomic E-state index is -0.277. The first-order valence-corrected chi connectivity index (χ1v) is 12.7. The normalized spacial score (nSPS) is 11.6. The highest BCUT2D eigenvalue weighted by molar-refractivity contribution is 7.99. The molecule has 0 fully saturated rings. The molecule has 0 bridgehead atoms. The molecule has 0 saturated heterocycles. The molecule has 0 atom stereocenters. The number of phenols is 1. The molecule has 1 aromatic heterocycles. The van der Waals surface area contributed by atoms with Gasteiger partial charge in [-0.3, -0.25) is 9.36 Å². The molecule has 1 heterocycles. The Morgan fingerprint density at radius 2 is 1.70 bits per heavy atom. The van der Waals surface area contributed by atoms with Gasteiger partial charge < -0.3 is 9.84 Å². The molecule has 9 heteroatoms. The average molecular weight is 516 g/mol. The minimum absolute atomic E-state index is 0.0430. The Hall–Kier alpha value is -4.11. The summed E-state index contributed by atoms with van der Waals surface area (Å²) in [5, 5.41) is 22.8. The number of hydrazone groups is 1. The van der Waals surface area contributed by atoms with Crippen LogP contribution in [0.2, 0.25) is 0 Å². The van der Waals surface area contributed by atoms with E-state index in [1.54, 1.807) is 31.4 Å². The van der Waals surface area contributed by atoms with Gasteiger partial charge in [0.1, 0.15) is 11.5 Å². The van der Waals surface area contributed by atoms with Crippen LogP contribution < -0.4 is 10.2 Å². The first-order chi connectivity index (χ1) is 17.7. The summed E-state index contributed by atoms with van der Waals surface area (Å²) in [5.74, 6) is 1.42. The van der Waals surface area contributed by atoms with Gasteiger partial charge in [-0.05, 0) is 65.1 Å². The summed E-state index contributed by atoms with van der Waals surface area (Å²) in [6, 6.07) is 22.4. The molecule has 37 heavy (non-hydrogen) atoms. The smallest absolute Gasteiger partial charge is 0.250 e. The van der Waals surface area contributed by atoms with E-state index in [4.69, 9.17) is 4.74 Å². The van der Waals surface area contributed by atoms with Crippen LogP contribution in [0, 0.1) is 0 Å². The van der Waals surface area contributed by atoms with Crippen molar-refractivity contribution in [2.24, 2.45) is 5.10 Å². The number of carbonyl (C=O) groups excluding carboxylic acids is 1. The van der Waals surface area contributed by atoms with Crippen LogP contribution in [0.5, 0.6) is 11.5 Å². The third-order valence-corrected chi connectivity index (χ3v) is 6.53. The van der Waals surface area contributed by atoms with Gasteiger partial charge in [0.2, 0.25) is 0 Å². The molecule has 1 amide bonds. The number of thioether (sulfide) groups is 1. The van der Waals surface area contributed by atoms with Crippen molar-refractivity contribution in [3.8, 4) is 28.6 Å². The van der Waals surface area contributed by atoms with Crippen molar-refractivity contribution in [1.29, 1.82) is 0 Å². The molecule has 2 N–H and O–H groups in total. The van der Waals surface area contributed by atoms with Crippen molar-refractivity contribution in [2.75, 3.05) is 12.9 Å². The third-order valence-electron chi connectivity index (χ3n) is 5.60. The summed E-state index contributed by atoms with van der Waals surface area (Å²) in [5.41, 5.74) is 6.33. The van der Waals surface area contributed by atoms with Crippen LogP contribution in [0.4, 0.5) is 0 Å². The van der Waals surface area contributed by atoms with Crippen LogP contribution in [0.1, 0.15) is 31.9 Å². The largest absolute Gasteiger partial charge is 0.508 e. The number of carbonyl (C=O) groups is 1. The molecule has 8 nitrogen and oxygen atoms in total. The fourth-order valence-corrected chi connectivity index (χ4v) is 4.28. The number of aromatic nitrogens is 3. The molecular formula is C28H29N5O3S. The predicted octanol–water partition coefficient (Wildman–Crippen LogP) is 5.19. The number of hydrogen-bond donors (Lipinski definition) is 2. The molecule has 0 radical (unpaired) electrons. The zero-order valence-corrected chi connectivity index (χ0v) is 22.0. The van der Waals surface area contributed by atoms with Gasteiger partial charge in [-0.2, -0.15) is 5.10 Å². The Balaban J connectivity index is 1.54. The highest BCUT2D eigenvalue weighted by Crippen LogP contribution is 2.30. The van der Waals surface area contributed by atoms with Crippen LogP contribution in [0.25, 0.3) is 17.1 Å². The highest BCUT2D eigenvalue weighted by atomic mass is 32.2. The second-order valence-corrected chi connectivity index (χ2v) is 10.3. The van der Waals surface area contributed by atoms with E-state index < -0.39 is 0 Å². The maximum absolute atomic E-state index is 12.4. The quantitative estimate of drug-likeness (QED) is 0.190. The van der Waals surface area contributed by atoms with Gasteiger partial charge in [-0.1, -0.05) is 56.8 Å². The number of phenolic OH excluding ortho intramolecular Hbond substituents is 1. The second-order valence-electron chi connectivity index (χ2n) is 9.34. The number of benzene rings is 3. The van der Waals surface area contributed by atoms with Crippen molar-refractivity contribution >= 4 is 23.9 Å². The van der Waals surface area contributed by atoms with Gasteiger partial charge in [0.15, 0.2) is 11.0 Å². The van der Waals surface area contributed by atoms with Crippen molar-refractivity contribution in [1.82, 2.24) is 20.2 Å². The fraction of sp³-hybridized carbons (Fsp3) is 0.214. The maximum Gasteiger partial charge on any atom is 0.250 e. The number of ether oxygens (including phenoxy) is 1. The Bertz CT molecular complexity index is 1370. The molecule has 0 aliphatic carbocycles. The summed E-state index contributed by atoms with van der Waals surface area (Å²) in [6.45, 7) is 6.53. The highest BCUT2D eigenvalue weighted by Gasteiger charge is 2.19. The van der Waals surface area contributed by atoms with E-state index in [1.807, 2.05) is 41.0 Å². The average Bonchev–Trinajstić information content (AvgIpc) is 3.32. The number of amides is 1. The molecule has 3 aromatic carbocycles. The Morgan fingerprint density at radius 3 is 2.32 bits per heavy atom. The van der Waals surface area contributed by atoms with Crippen LogP contribution in [0.3, 0.4) is 0 Å². The van der Waals surface area contributed by atoms with Gasteiger partial charge in [0.05, 0.1) is 19.1 Å². The first kappa shape index (κ1) is 26.0. The summed E-state index contributed by atoms with van der Waals surface area (Å²) < 4.78 is 7.24. The summed E-state index contributed by atoms with van der Waals surface area (Å²) in [7, 11) is 1.63. The Labute approximate surface area is 220 Å². The molecule has 4 aromatic rings. The Kier molecular flexibility index (Phi) is 7.93. The molecular weight excluding hydrogens is 486 g/mol. The molecule has 0 saturated carbocycles. The van der Waals surface area contributed by atoms with E-state index in [2.05, 4.69) is 53.6 Å². The van der Waals surface area contributed by atoms with Crippen molar-refractivity contribution in [2.45, 2.75) is 31.3 Å². The summed E-state index contributed by atoms with van der Waals surface area (Å²) in [6.07, 6.45) is 1.52.